The second-order valence-corrected chi connectivity index (χ2v) is 9.65. The molecule has 3 fully saturated rings. The van der Waals surface area contributed by atoms with Crippen LogP contribution in [0.3, 0.4) is 0 Å². The molecule has 0 amide bonds. The normalized spacial score (nSPS) is 34.2. The van der Waals surface area contributed by atoms with Crippen molar-refractivity contribution in [1.29, 1.82) is 0 Å². The van der Waals surface area contributed by atoms with Gasteiger partial charge in [-0.2, -0.15) is 0 Å². The van der Waals surface area contributed by atoms with Crippen molar-refractivity contribution in [2.45, 2.75) is 83.5 Å². The molecule has 0 N–H and O–H groups in total. The van der Waals surface area contributed by atoms with E-state index in [4.69, 9.17) is 4.74 Å². The fourth-order valence-electron chi connectivity index (χ4n) is 5.18. The van der Waals surface area contributed by atoms with E-state index >= 15 is 0 Å². The molecule has 3 rings (SSSR count). The first kappa shape index (κ1) is 19.6. The van der Waals surface area contributed by atoms with E-state index in [0.717, 1.165) is 24.6 Å². The molecule has 0 aromatic rings. The minimum Gasteiger partial charge on any atom is -0.383 e. The van der Waals surface area contributed by atoms with Gasteiger partial charge in [0.25, 0.3) is 0 Å². The summed E-state index contributed by atoms with van der Waals surface area (Å²) in [6.45, 7) is 16.4. The molecular weight excluding hydrogens is 310 g/mol. The molecular formula is C21H41N3O. The molecule has 1 saturated carbocycles. The third kappa shape index (κ3) is 4.58. The monoisotopic (exact) mass is 351 g/mol. The highest BCUT2D eigenvalue weighted by atomic mass is 16.5. The topological polar surface area (TPSA) is 19.0 Å². The Morgan fingerprint density at radius 3 is 2.16 bits per heavy atom. The van der Waals surface area contributed by atoms with E-state index in [9.17, 15) is 0 Å². The molecule has 146 valence electrons. The standard InChI is InChI=1S/C21H41N3O/c1-6-17-7-9-18(10-8-17)22-11-12-24(20(13-22)16-25-5)19-14-23(15-19)21(2,3)4/h17-20H,6-16H2,1-5H3/t17?,18?,20-/m1/s1. The molecule has 2 aliphatic heterocycles. The number of nitrogens with zero attached hydrogens (tertiary/aromatic N) is 3. The summed E-state index contributed by atoms with van der Waals surface area (Å²) in [5.41, 5.74) is 0.312. The van der Waals surface area contributed by atoms with Crippen LogP contribution in [0.15, 0.2) is 0 Å². The van der Waals surface area contributed by atoms with Gasteiger partial charge in [0.1, 0.15) is 0 Å². The first-order valence-electron chi connectivity index (χ1n) is 10.7. The molecule has 0 aromatic heterocycles. The lowest BCUT2D eigenvalue weighted by Gasteiger charge is -2.56. The van der Waals surface area contributed by atoms with Crippen LogP contribution in [0, 0.1) is 5.92 Å². The second-order valence-electron chi connectivity index (χ2n) is 9.65. The van der Waals surface area contributed by atoms with Gasteiger partial charge in [0, 0.05) is 63.5 Å². The van der Waals surface area contributed by atoms with Gasteiger partial charge in [-0.05, 0) is 52.4 Å². The Morgan fingerprint density at radius 2 is 1.60 bits per heavy atom. The molecule has 3 aliphatic rings. The Bertz CT molecular complexity index is 408. The van der Waals surface area contributed by atoms with E-state index in [-0.39, 0.29) is 0 Å². The predicted octanol–water partition coefficient (Wildman–Crippen LogP) is 3.07. The van der Waals surface area contributed by atoms with E-state index in [1.54, 1.807) is 0 Å². The molecule has 4 heteroatoms. The van der Waals surface area contributed by atoms with Gasteiger partial charge < -0.3 is 4.74 Å². The van der Waals surface area contributed by atoms with Gasteiger partial charge in [0.15, 0.2) is 0 Å². The van der Waals surface area contributed by atoms with Crippen LogP contribution < -0.4 is 0 Å². The van der Waals surface area contributed by atoms with Crippen molar-refractivity contribution in [3.8, 4) is 0 Å². The lowest BCUT2D eigenvalue weighted by Crippen LogP contribution is -2.70. The second kappa shape index (κ2) is 8.24. The van der Waals surface area contributed by atoms with Crippen molar-refractivity contribution in [1.82, 2.24) is 14.7 Å². The molecule has 0 bridgehead atoms. The number of rotatable bonds is 5. The maximum absolute atomic E-state index is 5.61. The smallest absolute Gasteiger partial charge is 0.0630 e. The van der Waals surface area contributed by atoms with Crippen molar-refractivity contribution >= 4 is 0 Å². The Balaban J connectivity index is 1.53. The number of piperazine rings is 1. The lowest BCUT2D eigenvalue weighted by molar-refractivity contribution is -0.0817. The Labute approximate surface area is 155 Å². The van der Waals surface area contributed by atoms with Gasteiger partial charge in [-0.15, -0.1) is 0 Å². The molecule has 0 radical (unpaired) electrons. The van der Waals surface area contributed by atoms with E-state index in [2.05, 4.69) is 42.4 Å². The number of hydrogen-bond donors (Lipinski definition) is 0. The van der Waals surface area contributed by atoms with Gasteiger partial charge in [-0.1, -0.05) is 13.3 Å². The fraction of sp³-hybridized carbons (Fsp3) is 1.00. The van der Waals surface area contributed by atoms with E-state index in [0.29, 0.717) is 11.6 Å². The molecule has 1 aliphatic carbocycles. The molecule has 1 atom stereocenters. The molecule has 0 aromatic carbocycles. The highest BCUT2D eigenvalue weighted by Crippen LogP contribution is 2.32. The van der Waals surface area contributed by atoms with Crippen LogP contribution in [0.1, 0.15) is 59.8 Å². The summed E-state index contributed by atoms with van der Waals surface area (Å²) in [7, 11) is 1.87. The zero-order valence-electron chi connectivity index (χ0n) is 17.3. The Morgan fingerprint density at radius 1 is 0.920 bits per heavy atom. The lowest BCUT2D eigenvalue weighted by atomic mass is 9.83. The average molecular weight is 352 g/mol. The number of likely N-dealkylation sites (tertiary alicyclic amines) is 1. The van der Waals surface area contributed by atoms with E-state index in [1.807, 2.05) is 7.11 Å². The van der Waals surface area contributed by atoms with Crippen molar-refractivity contribution in [2.24, 2.45) is 5.92 Å². The van der Waals surface area contributed by atoms with Crippen LogP contribution >= 0.6 is 0 Å². The third-order valence-electron chi connectivity index (χ3n) is 7.11. The zero-order chi connectivity index (χ0) is 18.0. The number of hydrogen-bond acceptors (Lipinski definition) is 4. The molecule has 4 nitrogen and oxygen atoms in total. The summed E-state index contributed by atoms with van der Waals surface area (Å²) < 4.78 is 5.61. The minimum absolute atomic E-state index is 0.312. The summed E-state index contributed by atoms with van der Waals surface area (Å²) in [6, 6.07) is 2.14. The summed E-state index contributed by atoms with van der Waals surface area (Å²) in [4.78, 5) is 8.17. The van der Waals surface area contributed by atoms with Gasteiger partial charge in [0.2, 0.25) is 0 Å². The van der Waals surface area contributed by atoms with Gasteiger partial charge in [-0.3, -0.25) is 14.7 Å². The Kier molecular flexibility index (Phi) is 6.46. The SMILES string of the molecule is CCC1CCC(N2CCN(C3CN(C(C)(C)C)C3)[C@@H](COC)C2)CC1. The molecule has 2 heterocycles. The number of methoxy groups -OCH3 is 1. The van der Waals surface area contributed by atoms with Crippen molar-refractivity contribution < 1.29 is 4.74 Å². The van der Waals surface area contributed by atoms with Crippen LogP contribution in [0.25, 0.3) is 0 Å². The van der Waals surface area contributed by atoms with E-state index in [1.165, 1.54) is 64.8 Å². The summed E-state index contributed by atoms with van der Waals surface area (Å²) in [5.74, 6) is 0.991. The third-order valence-corrected chi connectivity index (χ3v) is 7.11. The van der Waals surface area contributed by atoms with E-state index < -0.39 is 0 Å². The van der Waals surface area contributed by atoms with Crippen molar-refractivity contribution in [2.75, 3.05) is 46.4 Å². The highest BCUT2D eigenvalue weighted by molar-refractivity contribution is 4.99. The largest absolute Gasteiger partial charge is 0.383 e. The first-order valence-corrected chi connectivity index (χ1v) is 10.7. The fourth-order valence-corrected chi connectivity index (χ4v) is 5.18. The van der Waals surface area contributed by atoms with Crippen molar-refractivity contribution in [3.05, 3.63) is 0 Å². The molecule has 0 spiro atoms. The Hall–Kier alpha value is -0.160. The highest BCUT2D eigenvalue weighted by Gasteiger charge is 2.42. The summed E-state index contributed by atoms with van der Waals surface area (Å²) in [6.07, 6.45) is 7.09. The maximum Gasteiger partial charge on any atom is 0.0630 e. The van der Waals surface area contributed by atoms with Gasteiger partial charge in [0.05, 0.1) is 6.61 Å². The van der Waals surface area contributed by atoms with Gasteiger partial charge >= 0.3 is 0 Å². The van der Waals surface area contributed by atoms with Gasteiger partial charge in [-0.25, -0.2) is 0 Å². The average Bonchev–Trinajstić information content (AvgIpc) is 2.54. The quantitative estimate of drug-likeness (QED) is 0.758. The molecule has 2 saturated heterocycles. The predicted molar refractivity (Wildman–Crippen MR) is 105 cm³/mol. The van der Waals surface area contributed by atoms with Crippen LogP contribution in [0.4, 0.5) is 0 Å². The van der Waals surface area contributed by atoms with Crippen LogP contribution in [0.2, 0.25) is 0 Å². The zero-order valence-corrected chi connectivity index (χ0v) is 17.3. The number of ether oxygens (including phenoxy) is 1. The first-order chi connectivity index (χ1) is 11.9. The van der Waals surface area contributed by atoms with Crippen LogP contribution in [-0.2, 0) is 4.74 Å². The summed E-state index contributed by atoms with van der Waals surface area (Å²) in [5, 5.41) is 0. The van der Waals surface area contributed by atoms with Crippen molar-refractivity contribution in [3.63, 3.8) is 0 Å². The van der Waals surface area contributed by atoms with Crippen LogP contribution in [0.5, 0.6) is 0 Å². The maximum atomic E-state index is 5.61. The van der Waals surface area contributed by atoms with Crippen LogP contribution in [-0.4, -0.2) is 84.8 Å². The molecule has 25 heavy (non-hydrogen) atoms. The minimum atomic E-state index is 0.312. The summed E-state index contributed by atoms with van der Waals surface area (Å²) >= 11 is 0. The molecule has 0 unspecified atom stereocenters.